The molecule has 5 nitrogen and oxygen atoms in total. The number of rotatable bonds is 4. The molecule has 2 heterocycles. The number of nitrogens with zero attached hydrogens (tertiary/aromatic N) is 2. The molecular weight excluding hydrogens is 324 g/mol. The van der Waals surface area contributed by atoms with E-state index in [0.29, 0.717) is 12.1 Å². The third-order valence-corrected chi connectivity index (χ3v) is 4.31. The number of pyridine rings is 1. The molecule has 0 spiro atoms. The van der Waals surface area contributed by atoms with Gasteiger partial charge >= 0.3 is 0 Å². The molecule has 0 saturated heterocycles. The van der Waals surface area contributed by atoms with E-state index in [2.05, 4.69) is 39.6 Å². The van der Waals surface area contributed by atoms with Crippen LogP contribution in [-0.4, -0.2) is 21.1 Å². The Balaban J connectivity index is 1.61. The van der Waals surface area contributed by atoms with Gasteiger partial charge in [-0.1, -0.05) is 35.9 Å². The fourth-order valence-corrected chi connectivity index (χ4v) is 2.86. The van der Waals surface area contributed by atoms with E-state index < -0.39 is 0 Å². The van der Waals surface area contributed by atoms with Crippen molar-refractivity contribution in [2.75, 3.05) is 0 Å². The number of benzene rings is 2. The molecule has 4 rings (SSSR count). The first-order chi connectivity index (χ1) is 12.7. The Morgan fingerprint density at radius 3 is 2.69 bits per heavy atom. The third-order valence-electron chi connectivity index (χ3n) is 4.31. The van der Waals surface area contributed by atoms with Crippen molar-refractivity contribution in [1.29, 1.82) is 0 Å². The van der Waals surface area contributed by atoms with Gasteiger partial charge in [0.1, 0.15) is 0 Å². The zero-order valence-electron chi connectivity index (χ0n) is 14.4. The van der Waals surface area contributed by atoms with Crippen molar-refractivity contribution in [2.24, 2.45) is 0 Å². The number of hydrogen-bond acceptors (Lipinski definition) is 3. The first-order valence-corrected chi connectivity index (χ1v) is 8.44. The highest BCUT2D eigenvalue weighted by molar-refractivity contribution is 6.01. The summed E-state index contributed by atoms with van der Waals surface area (Å²) in [6.07, 6.45) is 1.72. The summed E-state index contributed by atoms with van der Waals surface area (Å²) < 4.78 is 0. The smallest absolute Gasteiger partial charge is 0.251 e. The average Bonchev–Trinajstić information content (AvgIpc) is 3.11. The maximum atomic E-state index is 12.5. The molecule has 128 valence electrons. The lowest BCUT2D eigenvalue weighted by Gasteiger charge is -2.05. The van der Waals surface area contributed by atoms with Gasteiger partial charge in [-0.15, -0.1) is 0 Å². The summed E-state index contributed by atoms with van der Waals surface area (Å²) in [6, 6.07) is 19.4. The zero-order valence-corrected chi connectivity index (χ0v) is 14.4. The van der Waals surface area contributed by atoms with E-state index in [1.807, 2.05) is 42.5 Å². The topological polar surface area (TPSA) is 70.7 Å². The predicted molar refractivity (Wildman–Crippen MR) is 102 cm³/mol. The van der Waals surface area contributed by atoms with Gasteiger partial charge in [-0.2, -0.15) is 5.10 Å². The second-order valence-electron chi connectivity index (χ2n) is 6.20. The molecule has 0 radical (unpaired) electrons. The number of aryl methyl sites for hydroxylation is 1. The highest BCUT2D eigenvalue weighted by Gasteiger charge is 2.12. The highest BCUT2D eigenvalue weighted by atomic mass is 16.1. The number of aromatic amines is 1. The number of nitrogens with one attached hydrogen (secondary N) is 2. The predicted octanol–water partition coefficient (Wildman–Crippen LogP) is 3.86. The fraction of sp³-hybridized carbons (Fsp3) is 0.0952. The highest BCUT2D eigenvalue weighted by Crippen LogP contribution is 2.27. The molecule has 4 aromatic rings. The average molecular weight is 342 g/mol. The van der Waals surface area contributed by atoms with Crippen LogP contribution in [0.3, 0.4) is 0 Å². The Morgan fingerprint density at radius 2 is 1.92 bits per heavy atom. The Bertz CT molecular complexity index is 1050. The van der Waals surface area contributed by atoms with Crippen LogP contribution in [0.2, 0.25) is 0 Å². The summed E-state index contributed by atoms with van der Waals surface area (Å²) in [5, 5.41) is 11.3. The van der Waals surface area contributed by atoms with Crippen molar-refractivity contribution in [3.8, 4) is 11.3 Å². The lowest BCUT2D eigenvalue weighted by Crippen LogP contribution is -2.23. The molecule has 5 heteroatoms. The van der Waals surface area contributed by atoms with Crippen LogP contribution in [0, 0.1) is 6.92 Å². The van der Waals surface area contributed by atoms with Gasteiger partial charge in [0.15, 0.2) is 0 Å². The number of fused-ring (bicyclic) bond motifs is 1. The van der Waals surface area contributed by atoms with E-state index in [1.54, 1.807) is 12.3 Å². The summed E-state index contributed by atoms with van der Waals surface area (Å²) in [4.78, 5) is 16.7. The van der Waals surface area contributed by atoms with Gasteiger partial charge in [0.25, 0.3) is 5.91 Å². The van der Waals surface area contributed by atoms with Gasteiger partial charge in [-0.05, 0) is 37.3 Å². The molecule has 0 saturated carbocycles. The lowest BCUT2D eigenvalue weighted by atomic mass is 10.0. The Kier molecular flexibility index (Phi) is 4.19. The minimum atomic E-state index is -0.131. The molecule has 0 bridgehead atoms. The summed E-state index contributed by atoms with van der Waals surface area (Å²) in [5.74, 6) is -0.131. The van der Waals surface area contributed by atoms with Crippen molar-refractivity contribution in [2.45, 2.75) is 13.5 Å². The quantitative estimate of drug-likeness (QED) is 0.591. The van der Waals surface area contributed by atoms with Crippen LogP contribution in [0.4, 0.5) is 0 Å². The van der Waals surface area contributed by atoms with Crippen molar-refractivity contribution in [3.05, 3.63) is 83.7 Å². The zero-order chi connectivity index (χ0) is 17.9. The third kappa shape index (κ3) is 3.19. The van der Waals surface area contributed by atoms with Crippen LogP contribution >= 0.6 is 0 Å². The molecule has 0 fully saturated rings. The van der Waals surface area contributed by atoms with Crippen molar-refractivity contribution in [1.82, 2.24) is 20.5 Å². The van der Waals surface area contributed by atoms with Crippen LogP contribution in [0.5, 0.6) is 0 Å². The summed E-state index contributed by atoms with van der Waals surface area (Å²) >= 11 is 0. The molecule has 0 aliphatic heterocycles. The second-order valence-corrected chi connectivity index (χ2v) is 6.20. The molecule has 0 unspecified atom stereocenters. The van der Waals surface area contributed by atoms with Gasteiger partial charge in [0.05, 0.1) is 23.4 Å². The van der Waals surface area contributed by atoms with Crippen LogP contribution in [0.25, 0.3) is 22.2 Å². The molecule has 0 aliphatic carbocycles. The molecule has 0 atom stereocenters. The first-order valence-electron chi connectivity index (χ1n) is 8.44. The monoisotopic (exact) mass is 342 g/mol. The van der Waals surface area contributed by atoms with E-state index >= 15 is 0 Å². The Labute approximate surface area is 151 Å². The Hall–Kier alpha value is -3.47. The number of amides is 1. The van der Waals surface area contributed by atoms with E-state index in [0.717, 1.165) is 27.9 Å². The normalized spacial score (nSPS) is 10.8. The minimum Gasteiger partial charge on any atom is -0.346 e. The SMILES string of the molecule is Cc1ccc(-c2n[nH]c3ccc(C(=O)NCc4ccccn4)cc23)cc1. The standard InChI is InChI=1S/C21H18N4O/c1-14-5-7-15(8-6-14)20-18-12-16(9-10-19(18)24-25-20)21(26)23-13-17-4-2-3-11-22-17/h2-12H,13H2,1H3,(H,23,26)(H,24,25). The largest absolute Gasteiger partial charge is 0.346 e. The van der Waals surface area contributed by atoms with Gasteiger partial charge in [0.2, 0.25) is 0 Å². The molecule has 1 amide bonds. The van der Waals surface area contributed by atoms with E-state index in [4.69, 9.17) is 0 Å². The first kappa shape index (κ1) is 16.0. The molecule has 0 aliphatic rings. The number of carbonyl (C=O) groups excluding carboxylic acids is 1. The number of H-pyrrole nitrogens is 1. The van der Waals surface area contributed by atoms with Gasteiger partial charge in [0, 0.05) is 22.7 Å². The Morgan fingerprint density at radius 1 is 1.08 bits per heavy atom. The molecule has 2 aromatic carbocycles. The van der Waals surface area contributed by atoms with Crippen LogP contribution in [0.15, 0.2) is 66.9 Å². The number of hydrogen-bond donors (Lipinski definition) is 2. The minimum absolute atomic E-state index is 0.131. The summed E-state index contributed by atoms with van der Waals surface area (Å²) in [5.41, 5.74) is 5.39. The molecular formula is C21H18N4O. The second kappa shape index (κ2) is 6.80. The maximum Gasteiger partial charge on any atom is 0.251 e. The number of aromatic nitrogens is 3. The maximum absolute atomic E-state index is 12.5. The van der Waals surface area contributed by atoms with Gasteiger partial charge in [-0.25, -0.2) is 0 Å². The van der Waals surface area contributed by atoms with Crippen LogP contribution < -0.4 is 5.32 Å². The molecule has 26 heavy (non-hydrogen) atoms. The molecule has 2 N–H and O–H groups in total. The van der Waals surface area contributed by atoms with E-state index in [-0.39, 0.29) is 5.91 Å². The molecule has 2 aromatic heterocycles. The van der Waals surface area contributed by atoms with Gasteiger partial charge < -0.3 is 5.32 Å². The lowest BCUT2D eigenvalue weighted by molar-refractivity contribution is 0.0950. The van der Waals surface area contributed by atoms with E-state index in [9.17, 15) is 4.79 Å². The van der Waals surface area contributed by atoms with E-state index in [1.165, 1.54) is 5.56 Å². The fourth-order valence-electron chi connectivity index (χ4n) is 2.86. The van der Waals surface area contributed by atoms with Crippen LogP contribution in [-0.2, 0) is 6.54 Å². The van der Waals surface area contributed by atoms with Gasteiger partial charge in [-0.3, -0.25) is 14.9 Å². The van der Waals surface area contributed by atoms with Crippen molar-refractivity contribution >= 4 is 16.8 Å². The van der Waals surface area contributed by atoms with Crippen molar-refractivity contribution < 1.29 is 4.79 Å². The summed E-state index contributed by atoms with van der Waals surface area (Å²) in [7, 11) is 0. The van der Waals surface area contributed by atoms with Crippen LogP contribution in [0.1, 0.15) is 21.6 Å². The van der Waals surface area contributed by atoms with Crippen molar-refractivity contribution in [3.63, 3.8) is 0 Å². The summed E-state index contributed by atoms with van der Waals surface area (Å²) in [6.45, 7) is 2.45. The number of carbonyl (C=O) groups is 1.